The van der Waals surface area contributed by atoms with Crippen LogP contribution in [0, 0.1) is 11.2 Å². The maximum absolute atomic E-state index is 14.1. The summed E-state index contributed by atoms with van der Waals surface area (Å²) in [4.78, 5) is 2.29. The van der Waals surface area contributed by atoms with Gasteiger partial charge in [0, 0.05) is 18.2 Å². The largest absolute Gasteiger partial charge is 0.496 e. The molecule has 0 saturated carbocycles. The summed E-state index contributed by atoms with van der Waals surface area (Å²) in [6, 6.07) is 4.92. The molecule has 0 amide bonds. The first kappa shape index (κ1) is 17.9. The molecule has 0 bridgehead atoms. The lowest BCUT2D eigenvalue weighted by Crippen LogP contribution is -2.32. The summed E-state index contributed by atoms with van der Waals surface area (Å²) in [7, 11) is 5.55. The van der Waals surface area contributed by atoms with Crippen molar-refractivity contribution in [3.8, 4) is 5.75 Å². The number of rotatable bonds is 7. The summed E-state index contributed by atoms with van der Waals surface area (Å²) >= 11 is 0. The van der Waals surface area contributed by atoms with E-state index in [0.29, 0.717) is 11.3 Å². The minimum atomic E-state index is -0.216. The van der Waals surface area contributed by atoms with Crippen LogP contribution in [0.3, 0.4) is 0 Å². The Morgan fingerprint density at radius 1 is 1.33 bits per heavy atom. The number of nitrogens with zero attached hydrogens (tertiary/aromatic N) is 1. The molecule has 0 radical (unpaired) electrons. The molecule has 0 aliphatic heterocycles. The van der Waals surface area contributed by atoms with E-state index < -0.39 is 0 Å². The molecule has 0 aliphatic carbocycles. The molecule has 1 unspecified atom stereocenters. The average molecular weight is 296 g/mol. The number of nitrogens with one attached hydrogen (secondary N) is 1. The van der Waals surface area contributed by atoms with Gasteiger partial charge in [0.2, 0.25) is 0 Å². The van der Waals surface area contributed by atoms with E-state index in [2.05, 4.69) is 38.0 Å². The van der Waals surface area contributed by atoms with Crippen molar-refractivity contribution in [1.82, 2.24) is 10.2 Å². The van der Waals surface area contributed by atoms with Crippen LogP contribution in [-0.2, 0) is 0 Å². The van der Waals surface area contributed by atoms with Gasteiger partial charge in [0.1, 0.15) is 11.6 Å². The van der Waals surface area contributed by atoms with Gasteiger partial charge in [-0.3, -0.25) is 0 Å². The molecule has 1 aromatic carbocycles. The van der Waals surface area contributed by atoms with Gasteiger partial charge in [0.25, 0.3) is 0 Å². The van der Waals surface area contributed by atoms with Crippen LogP contribution in [0.1, 0.15) is 38.8 Å². The quantitative estimate of drug-likeness (QED) is 0.834. The van der Waals surface area contributed by atoms with Crippen LogP contribution in [0.4, 0.5) is 4.39 Å². The van der Waals surface area contributed by atoms with E-state index in [0.717, 1.165) is 19.5 Å². The highest BCUT2D eigenvalue weighted by Crippen LogP contribution is 2.30. The van der Waals surface area contributed by atoms with Crippen LogP contribution in [0.2, 0.25) is 0 Å². The summed E-state index contributed by atoms with van der Waals surface area (Å²) in [5.74, 6) is 0.389. The zero-order valence-corrected chi connectivity index (χ0v) is 14.2. The fourth-order valence-corrected chi connectivity index (χ4v) is 2.70. The fraction of sp³-hybridized carbons (Fsp3) is 0.647. The highest BCUT2D eigenvalue weighted by atomic mass is 19.1. The van der Waals surface area contributed by atoms with Crippen LogP contribution < -0.4 is 10.1 Å². The van der Waals surface area contributed by atoms with Crippen molar-refractivity contribution in [1.29, 1.82) is 0 Å². The molecule has 0 aromatic heterocycles. The van der Waals surface area contributed by atoms with Gasteiger partial charge >= 0.3 is 0 Å². The van der Waals surface area contributed by atoms with E-state index in [1.54, 1.807) is 13.2 Å². The second-order valence-corrected chi connectivity index (χ2v) is 6.78. The van der Waals surface area contributed by atoms with Gasteiger partial charge in [-0.25, -0.2) is 4.39 Å². The molecule has 4 heteroatoms. The highest BCUT2D eigenvalue weighted by molar-refractivity contribution is 5.37. The lowest BCUT2D eigenvalue weighted by Gasteiger charge is -2.28. The second kappa shape index (κ2) is 7.76. The number of hydrogen-bond acceptors (Lipinski definition) is 3. The minimum Gasteiger partial charge on any atom is -0.496 e. The van der Waals surface area contributed by atoms with Gasteiger partial charge in [-0.05, 0) is 44.6 Å². The number of halogens is 1. The lowest BCUT2D eigenvalue weighted by molar-refractivity contribution is 0.217. The Bertz CT molecular complexity index is 443. The molecule has 0 spiro atoms. The first-order chi connectivity index (χ1) is 9.78. The Balaban J connectivity index is 2.76. The smallest absolute Gasteiger partial charge is 0.131 e. The average Bonchev–Trinajstić information content (AvgIpc) is 2.38. The molecule has 1 N–H and O–H groups in total. The van der Waals surface area contributed by atoms with Crippen molar-refractivity contribution < 1.29 is 9.13 Å². The monoisotopic (exact) mass is 296 g/mol. The van der Waals surface area contributed by atoms with Gasteiger partial charge in [-0.1, -0.05) is 26.8 Å². The first-order valence-corrected chi connectivity index (χ1v) is 7.46. The normalized spacial score (nSPS) is 13.5. The number of hydrogen-bond donors (Lipinski definition) is 1. The SMILES string of the molecule is CNC(CCN(C)CC(C)(C)C)c1c(F)cccc1OC. The molecule has 1 rings (SSSR count). The van der Waals surface area contributed by atoms with E-state index >= 15 is 0 Å². The Hall–Kier alpha value is -1.13. The van der Waals surface area contributed by atoms with Crippen LogP contribution in [-0.4, -0.2) is 39.2 Å². The Morgan fingerprint density at radius 3 is 2.52 bits per heavy atom. The minimum absolute atomic E-state index is 0.0523. The van der Waals surface area contributed by atoms with Crippen LogP contribution >= 0.6 is 0 Å². The molecule has 120 valence electrons. The summed E-state index contributed by atoms with van der Waals surface area (Å²) in [5.41, 5.74) is 0.881. The van der Waals surface area contributed by atoms with Gasteiger partial charge in [0.15, 0.2) is 0 Å². The Labute approximate surface area is 128 Å². The van der Waals surface area contributed by atoms with Crippen molar-refractivity contribution in [3.05, 3.63) is 29.6 Å². The van der Waals surface area contributed by atoms with E-state index in [4.69, 9.17) is 4.74 Å². The number of methoxy groups -OCH3 is 1. The maximum Gasteiger partial charge on any atom is 0.131 e. The third-order valence-corrected chi connectivity index (χ3v) is 3.47. The molecule has 0 aliphatic rings. The van der Waals surface area contributed by atoms with Crippen molar-refractivity contribution >= 4 is 0 Å². The molecule has 3 nitrogen and oxygen atoms in total. The third-order valence-electron chi connectivity index (χ3n) is 3.47. The zero-order chi connectivity index (χ0) is 16.0. The molecule has 1 atom stereocenters. The van der Waals surface area contributed by atoms with E-state index in [9.17, 15) is 4.39 Å². The molecule has 0 saturated heterocycles. The van der Waals surface area contributed by atoms with Gasteiger partial charge in [-0.15, -0.1) is 0 Å². The lowest BCUT2D eigenvalue weighted by atomic mass is 9.95. The Kier molecular flexibility index (Phi) is 6.62. The summed E-state index contributed by atoms with van der Waals surface area (Å²) < 4.78 is 19.4. The van der Waals surface area contributed by atoms with E-state index in [-0.39, 0.29) is 17.3 Å². The van der Waals surface area contributed by atoms with Crippen LogP contribution in [0.15, 0.2) is 18.2 Å². The molecular formula is C17H29FN2O. The standard InChI is InChI=1S/C17H29FN2O/c1-17(2,3)12-20(5)11-10-14(19-4)16-13(18)8-7-9-15(16)21-6/h7-9,14,19H,10-12H2,1-6H3. The van der Waals surface area contributed by atoms with Gasteiger partial charge in [-0.2, -0.15) is 0 Å². The highest BCUT2D eigenvalue weighted by Gasteiger charge is 2.20. The number of ether oxygens (including phenoxy) is 1. The summed E-state index contributed by atoms with van der Waals surface area (Å²) in [6.45, 7) is 8.58. The van der Waals surface area contributed by atoms with Crippen molar-refractivity contribution in [2.24, 2.45) is 5.41 Å². The first-order valence-electron chi connectivity index (χ1n) is 7.46. The molecule has 0 heterocycles. The predicted octanol–water partition coefficient (Wildman–Crippen LogP) is 3.46. The van der Waals surface area contributed by atoms with Crippen molar-refractivity contribution in [2.75, 3.05) is 34.3 Å². The summed E-state index contributed by atoms with van der Waals surface area (Å²) in [6.07, 6.45) is 0.834. The van der Waals surface area contributed by atoms with Gasteiger partial charge in [0.05, 0.1) is 7.11 Å². The van der Waals surface area contributed by atoms with Crippen LogP contribution in [0.25, 0.3) is 0 Å². The maximum atomic E-state index is 14.1. The van der Waals surface area contributed by atoms with Crippen molar-refractivity contribution in [2.45, 2.75) is 33.2 Å². The van der Waals surface area contributed by atoms with Gasteiger partial charge < -0.3 is 15.0 Å². The summed E-state index contributed by atoms with van der Waals surface area (Å²) in [5, 5.41) is 3.21. The molecule has 1 aromatic rings. The van der Waals surface area contributed by atoms with E-state index in [1.807, 2.05) is 13.1 Å². The topological polar surface area (TPSA) is 24.5 Å². The molecule has 0 fully saturated rings. The zero-order valence-electron chi connectivity index (χ0n) is 14.2. The Morgan fingerprint density at radius 2 is 2.00 bits per heavy atom. The molecular weight excluding hydrogens is 267 g/mol. The molecule has 21 heavy (non-hydrogen) atoms. The second-order valence-electron chi connectivity index (χ2n) is 6.78. The third kappa shape index (κ3) is 5.64. The fourth-order valence-electron chi connectivity index (χ4n) is 2.70. The van der Waals surface area contributed by atoms with Crippen LogP contribution in [0.5, 0.6) is 5.75 Å². The van der Waals surface area contributed by atoms with E-state index in [1.165, 1.54) is 6.07 Å². The predicted molar refractivity (Wildman–Crippen MR) is 86.3 cm³/mol. The van der Waals surface area contributed by atoms with Crippen molar-refractivity contribution in [3.63, 3.8) is 0 Å². The number of benzene rings is 1.